The minimum atomic E-state index is -0.529. The molecule has 0 saturated heterocycles. The molecule has 10 heteroatoms. The Balaban J connectivity index is 1.44. The number of halogens is 1. The molecule has 0 spiro atoms. The number of hydrogen-bond acceptors (Lipinski definition) is 7. The number of nitrogens with zero attached hydrogens (tertiary/aromatic N) is 2. The summed E-state index contributed by atoms with van der Waals surface area (Å²) < 4.78 is 10.5. The van der Waals surface area contributed by atoms with E-state index in [4.69, 9.17) is 25.7 Å². The first kappa shape index (κ1) is 25.7. The summed E-state index contributed by atoms with van der Waals surface area (Å²) in [6.45, 7) is 2.11. The quantitative estimate of drug-likeness (QED) is 0.366. The van der Waals surface area contributed by atoms with Crippen molar-refractivity contribution in [2.75, 3.05) is 12.4 Å². The third-order valence-electron chi connectivity index (χ3n) is 6.14. The van der Waals surface area contributed by atoms with E-state index in [0.29, 0.717) is 45.2 Å². The van der Waals surface area contributed by atoms with Crippen LogP contribution >= 0.6 is 23.4 Å². The molecule has 2 amide bonds. The van der Waals surface area contributed by atoms with Crippen molar-refractivity contribution in [3.05, 3.63) is 106 Å². The summed E-state index contributed by atoms with van der Waals surface area (Å²) in [6.07, 6.45) is 1.67. The molecule has 3 aromatic rings. The lowest BCUT2D eigenvalue weighted by molar-refractivity contribution is -0.120. The normalized spacial score (nSPS) is 16.5. The maximum Gasteiger partial charge on any atom is 0.255 e. The van der Waals surface area contributed by atoms with E-state index in [0.717, 1.165) is 11.3 Å². The second kappa shape index (κ2) is 11.2. The zero-order valence-electron chi connectivity index (χ0n) is 20.7. The Hall–Kier alpha value is -3.95. The highest BCUT2D eigenvalue weighted by molar-refractivity contribution is 8.16. The first-order chi connectivity index (χ1) is 18.4. The van der Waals surface area contributed by atoms with Crippen LogP contribution in [-0.2, 0) is 16.1 Å². The number of amides is 2. The van der Waals surface area contributed by atoms with Gasteiger partial charge in [0.05, 0.1) is 43.7 Å². The van der Waals surface area contributed by atoms with Crippen LogP contribution in [0.5, 0.6) is 5.75 Å². The van der Waals surface area contributed by atoms with E-state index in [2.05, 4.69) is 10.6 Å². The molecule has 194 valence electrons. The Bertz CT molecular complexity index is 1450. The molecule has 1 unspecified atom stereocenters. The van der Waals surface area contributed by atoms with Crippen molar-refractivity contribution in [1.29, 1.82) is 0 Å². The van der Waals surface area contributed by atoms with E-state index in [1.54, 1.807) is 55.8 Å². The number of allylic oxidation sites excluding steroid dienone is 1. The second-order valence-electron chi connectivity index (χ2n) is 8.66. The van der Waals surface area contributed by atoms with Gasteiger partial charge in [-0.05, 0) is 66.4 Å². The third-order valence-corrected chi connectivity index (χ3v) is 7.26. The van der Waals surface area contributed by atoms with Gasteiger partial charge in [0, 0.05) is 16.4 Å². The van der Waals surface area contributed by atoms with Crippen molar-refractivity contribution in [2.45, 2.75) is 25.9 Å². The molecule has 0 bridgehead atoms. The predicted octanol–water partition coefficient (Wildman–Crippen LogP) is 5.86. The zero-order valence-corrected chi connectivity index (χ0v) is 22.3. The van der Waals surface area contributed by atoms with Gasteiger partial charge in [0.25, 0.3) is 5.91 Å². The number of carbonyl (C=O) groups excluding carboxylic acids is 2. The van der Waals surface area contributed by atoms with Crippen LogP contribution in [0.15, 0.2) is 98.7 Å². The Kier molecular flexibility index (Phi) is 7.57. The SMILES string of the molecule is COc1ccc(NC(=O)C2=C(C)N=C3SC=C(CC(=O)NCc4ccco4)N3C2c2cccc(Cl)c2)cc1. The fourth-order valence-corrected chi connectivity index (χ4v) is 5.51. The first-order valence-corrected chi connectivity index (χ1v) is 13.1. The first-order valence-electron chi connectivity index (χ1n) is 11.9. The predicted molar refractivity (Wildman–Crippen MR) is 149 cm³/mol. The molecule has 0 saturated carbocycles. The van der Waals surface area contributed by atoms with E-state index in [1.165, 1.54) is 11.8 Å². The Labute approximate surface area is 229 Å². The van der Waals surface area contributed by atoms with E-state index in [9.17, 15) is 9.59 Å². The van der Waals surface area contributed by atoms with Crippen molar-refractivity contribution in [2.24, 2.45) is 4.99 Å². The van der Waals surface area contributed by atoms with Crippen LogP contribution in [0.4, 0.5) is 5.69 Å². The number of nitrogens with one attached hydrogen (secondary N) is 2. The molecule has 0 aliphatic carbocycles. The summed E-state index contributed by atoms with van der Waals surface area (Å²) in [6, 6.07) is 17.5. The number of thioether (sulfide) groups is 1. The van der Waals surface area contributed by atoms with Crippen molar-refractivity contribution >= 4 is 46.0 Å². The van der Waals surface area contributed by atoms with Crippen LogP contribution in [0.1, 0.15) is 30.7 Å². The molecule has 2 aliphatic heterocycles. The van der Waals surface area contributed by atoms with E-state index >= 15 is 0 Å². The van der Waals surface area contributed by atoms with Gasteiger partial charge >= 0.3 is 0 Å². The number of fused-ring (bicyclic) bond motifs is 1. The van der Waals surface area contributed by atoms with Crippen LogP contribution in [0.3, 0.4) is 0 Å². The molecular weight excluding hydrogens is 524 g/mol. The maximum absolute atomic E-state index is 13.7. The van der Waals surface area contributed by atoms with Gasteiger partial charge in [-0.1, -0.05) is 35.5 Å². The number of anilines is 1. The highest BCUT2D eigenvalue weighted by Gasteiger charge is 2.40. The van der Waals surface area contributed by atoms with Crippen LogP contribution in [0.2, 0.25) is 5.02 Å². The van der Waals surface area contributed by atoms with Crippen molar-refractivity contribution < 1.29 is 18.7 Å². The average Bonchev–Trinajstić information content (AvgIpc) is 3.57. The van der Waals surface area contributed by atoms with Crippen LogP contribution in [0.25, 0.3) is 0 Å². The molecular formula is C28H25ClN4O4S. The molecule has 8 nitrogen and oxygen atoms in total. The summed E-state index contributed by atoms with van der Waals surface area (Å²) in [5, 5.41) is 9.01. The molecule has 2 N–H and O–H groups in total. The van der Waals surface area contributed by atoms with Crippen LogP contribution < -0.4 is 15.4 Å². The smallest absolute Gasteiger partial charge is 0.255 e. The maximum atomic E-state index is 13.7. The third kappa shape index (κ3) is 5.49. The Morgan fingerprint density at radius 3 is 2.68 bits per heavy atom. The molecule has 2 aromatic carbocycles. The summed E-state index contributed by atoms with van der Waals surface area (Å²) in [7, 11) is 1.59. The highest BCUT2D eigenvalue weighted by atomic mass is 35.5. The van der Waals surface area contributed by atoms with Gasteiger partial charge in [-0.25, -0.2) is 4.99 Å². The van der Waals surface area contributed by atoms with Gasteiger partial charge in [0.15, 0.2) is 5.17 Å². The number of hydrogen-bond donors (Lipinski definition) is 2. The number of carbonyl (C=O) groups is 2. The van der Waals surface area contributed by atoms with Gasteiger partial charge in [-0.2, -0.15) is 0 Å². The standard InChI is InChI=1S/C28H25ClN4O4S/c1-17-25(27(35)32-20-8-10-22(36-2)11-9-20)26(18-5-3-6-19(29)13-18)33-21(16-38-28(33)31-17)14-24(34)30-15-23-7-4-12-37-23/h3-13,16,26H,14-15H2,1-2H3,(H,30,34)(H,32,35). The van der Waals surface area contributed by atoms with Gasteiger partial charge in [-0.3, -0.25) is 9.59 Å². The molecule has 0 fully saturated rings. The number of methoxy groups -OCH3 is 1. The number of benzene rings is 2. The molecule has 2 aliphatic rings. The monoisotopic (exact) mass is 548 g/mol. The lowest BCUT2D eigenvalue weighted by Gasteiger charge is -2.36. The minimum absolute atomic E-state index is 0.107. The lowest BCUT2D eigenvalue weighted by atomic mass is 9.93. The minimum Gasteiger partial charge on any atom is -0.497 e. The van der Waals surface area contributed by atoms with Gasteiger partial charge in [0.1, 0.15) is 11.5 Å². The zero-order chi connectivity index (χ0) is 26.6. The number of rotatable bonds is 8. The summed E-state index contributed by atoms with van der Waals surface area (Å²) in [5.41, 5.74) is 3.24. The Morgan fingerprint density at radius 1 is 1.16 bits per heavy atom. The fraction of sp³-hybridized carbons (Fsp3) is 0.179. The largest absolute Gasteiger partial charge is 0.497 e. The van der Waals surface area contributed by atoms with Crippen LogP contribution in [-0.4, -0.2) is 29.0 Å². The topological polar surface area (TPSA) is 96.2 Å². The van der Waals surface area contributed by atoms with Crippen molar-refractivity contribution in [1.82, 2.24) is 10.2 Å². The number of amidine groups is 1. The van der Waals surface area contributed by atoms with E-state index in [-0.39, 0.29) is 18.2 Å². The van der Waals surface area contributed by atoms with Gasteiger partial charge < -0.3 is 24.7 Å². The summed E-state index contributed by atoms with van der Waals surface area (Å²) >= 11 is 7.79. The van der Waals surface area contributed by atoms with Crippen LogP contribution in [0, 0.1) is 0 Å². The van der Waals surface area contributed by atoms with Crippen molar-refractivity contribution in [3.63, 3.8) is 0 Å². The van der Waals surface area contributed by atoms with Gasteiger partial charge in [0.2, 0.25) is 5.91 Å². The Morgan fingerprint density at radius 2 is 1.97 bits per heavy atom. The number of furan rings is 1. The van der Waals surface area contributed by atoms with E-state index in [1.807, 2.05) is 35.4 Å². The summed E-state index contributed by atoms with van der Waals surface area (Å²) in [5.74, 6) is 0.895. The van der Waals surface area contributed by atoms with E-state index < -0.39 is 6.04 Å². The van der Waals surface area contributed by atoms with Gasteiger partial charge in [-0.15, -0.1) is 0 Å². The molecule has 1 aromatic heterocycles. The molecule has 1 atom stereocenters. The molecule has 3 heterocycles. The number of ether oxygens (including phenoxy) is 1. The number of aliphatic imine (C=N–C) groups is 1. The lowest BCUT2D eigenvalue weighted by Crippen LogP contribution is -2.38. The highest BCUT2D eigenvalue weighted by Crippen LogP contribution is 2.45. The molecule has 0 radical (unpaired) electrons. The second-order valence-corrected chi connectivity index (χ2v) is 9.94. The summed E-state index contributed by atoms with van der Waals surface area (Å²) in [4.78, 5) is 33.2. The molecule has 5 rings (SSSR count). The average molecular weight is 549 g/mol. The van der Waals surface area contributed by atoms with Crippen molar-refractivity contribution in [3.8, 4) is 5.75 Å². The molecule has 38 heavy (non-hydrogen) atoms. The fourth-order valence-electron chi connectivity index (χ4n) is 4.35.